The molecule has 1 aliphatic carbocycles. The van der Waals surface area contributed by atoms with Gasteiger partial charge in [0.2, 0.25) is 5.91 Å². The van der Waals surface area contributed by atoms with Gasteiger partial charge in [-0.05, 0) is 12.8 Å². The Bertz CT molecular complexity index is 218. The van der Waals surface area contributed by atoms with E-state index >= 15 is 0 Å². The lowest BCUT2D eigenvalue weighted by atomic mass is 10.2. The Morgan fingerprint density at radius 2 is 2.23 bits per heavy atom. The number of nitrogens with one attached hydrogen (secondary N) is 1. The van der Waals surface area contributed by atoms with Crippen molar-refractivity contribution in [2.75, 3.05) is 13.6 Å². The van der Waals surface area contributed by atoms with Crippen molar-refractivity contribution in [1.29, 1.82) is 0 Å². The first kappa shape index (κ1) is 8.94. The number of carbonyl (C=O) groups is 1. The van der Waals surface area contributed by atoms with Crippen LogP contribution in [0.5, 0.6) is 0 Å². The van der Waals surface area contributed by atoms with Crippen molar-refractivity contribution in [3.8, 4) is 0 Å². The van der Waals surface area contributed by atoms with E-state index in [0.717, 1.165) is 12.8 Å². The van der Waals surface area contributed by atoms with Gasteiger partial charge in [0, 0.05) is 26.1 Å². The van der Waals surface area contributed by atoms with Crippen LogP contribution in [0.2, 0.25) is 0 Å². The minimum Gasteiger partial charge on any atom is -0.341 e. The van der Waals surface area contributed by atoms with Crippen LogP contribution in [0.15, 0.2) is 0 Å². The molecule has 74 valence electrons. The quantitative estimate of drug-likeness (QED) is 0.673. The number of nitrogens with zero attached hydrogens (tertiary/aromatic N) is 1. The summed E-state index contributed by atoms with van der Waals surface area (Å²) in [6.45, 7) is 0.328. The van der Waals surface area contributed by atoms with E-state index in [2.05, 4.69) is 5.32 Å². The minimum absolute atomic E-state index is 0.0580. The molecule has 0 spiro atoms. The first-order chi connectivity index (χ1) is 6.18. The van der Waals surface area contributed by atoms with Crippen molar-refractivity contribution in [1.82, 2.24) is 10.2 Å². The van der Waals surface area contributed by atoms with Crippen LogP contribution in [0.1, 0.15) is 19.3 Å². The molecule has 0 radical (unpaired) electrons. The van der Waals surface area contributed by atoms with Crippen LogP contribution in [0.3, 0.4) is 0 Å². The van der Waals surface area contributed by atoms with Gasteiger partial charge < -0.3 is 10.2 Å². The smallest absolute Gasteiger partial charge is 0.239 e. The molecule has 2 rings (SSSR count). The minimum atomic E-state index is -0.846. The molecule has 2 aliphatic rings. The van der Waals surface area contributed by atoms with E-state index < -0.39 is 6.17 Å². The SMILES string of the molecule is CN(C(=O)[C@H]1C[C@H](F)CN1)C1CC1. The van der Waals surface area contributed by atoms with E-state index in [9.17, 15) is 9.18 Å². The normalized spacial score (nSPS) is 33.4. The third-order valence-corrected chi connectivity index (χ3v) is 2.82. The molecule has 4 heteroatoms. The molecule has 3 nitrogen and oxygen atoms in total. The Morgan fingerprint density at radius 3 is 2.69 bits per heavy atom. The van der Waals surface area contributed by atoms with Gasteiger partial charge in [-0.15, -0.1) is 0 Å². The average molecular weight is 186 g/mol. The van der Waals surface area contributed by atoms with E-state index in [4.69, 9.17) is 0 Å². The second-order valence-electron chi connectivity index (χ2n) is 3.97. The summed E-state index contributed by atoms with van der Waals surface area (Å²) < 4.78 is 12.8. The molecule has 0 bridgehead atoms. The number of alkyl halides is 1. The Hall–Kier alpha value is -0.640. The summed E-state index contributed by atoms with van der Waals surface area (Å²) in [7, 11) is 1.81. The van der Waals surface area contributed by atoms with Crippen molar-refractivity contribution in [3.63, 3.8) is 0 Å². The van der Waals surface area contributed by atoms with Crippen LogP contribution in [-0.2, 0) is 4.79 Å². The number of carbonyl (C=O) groups excluding carboxylic acids is 1. The fourth-order valence-electron chi connectivity index (χ4n) is 1.77. The zero-order chi connectivity index (χ0) is 9.42. The molecular weight excluding hydrogens is 171 g/mol. The predicted molar refractivity (Wildman–Crippen MR) is 47.1 cm³/mol. The van der Waals surface area contributed by atoms with E-state index in [1.54, 1.807) is 4.90 Å². The molecule has 2 atom stereocenters. The zero-order valence-electron chi connectivity index (χ0n) is 7.79. The number of rotatable bonds is 2. The van der Waals surface area contributed by atoms with Crippen LogP contribution in [0.25, 0.3) is 0 Å². The highest BCUT2D eigenvalue weighted by molar-refractivity contribution is 5.82. The standard InChI is InChI=1S/C9H15FN2O/c1-12(7-2-3-7)9(13)8-4-6(10)5-11-8/h6-8,11H,2-5H2,1H3/t6-,8+/m0/s1. The van der Waals surface area contributed by atoms with Crippen molar-refractivity contribution >= 4 is 5.91 Å². The number of hydrogen-bond acceptors (Lipinski definition) is 2. The Morgan fingerprint density at radius 1 is 1.54 bits per heavy atom. The molecular formula is C9H15FN2O. The van der Waals surface area contributed by atoms with Crippen molar-refractivity contribution in [2.45, 2.75) is 37.5 Å². The van der Waals surface area contributed by atoms with Crippen LogP contribution in [0.4, 0.5) is 4.39 Å². The van der Waals surface area contributed by atoms with E-state index in [-0.39, 0.29) is 11.9 Å². The summed E-state index contributed by atoms with van der Waals surface area (Å²) in [5.41, 5.74) is 0. The highest BCUT2D eigenvalue weighted by Crippen LogP contribution is 2.26. The Labute approximate surface area is 77.3 Å². The van der Waals surface area contributed by atoms with E-state index in [1.165, 1.54) is 0 Å². The van der Waals surface area contributed by atoms with E-state index in [0.29, 0.717) is 19.0 Å². The number of hydrogen-bond donors (Lipinski definition) is 1. The van der Waals surface area contributed by atoms with Crippen molar-refractivity contribution in [3.05, 3.63) is 0 Å². The van der Waals surface area contributed by atoms with Gasteiger partial charge in [-0.1, -0.05) is 0 Å². The monoisotopic (exact) mass is 186 g/mol. The summed E-state index contributed by atoms with van der Waals surface area (Å²) in [4.78, 5) is 13.4. The maximum Gasteiger partial charge on any atom is 0.239 e. The zero-order valence-corrected chi connectivity index (χ0v) is 7.79. The highest BCUT2D eigenvalue weighted by atomic mass is 19.1. The van der Waals surface area contributed by atoms with Gasteiger partial charge in [-0.25, -0.2) is 4.39 Å². The molecule has 13 heavy (non-hydrogen) atoms. The summed E-state index contributed by atoms with van der Waals surface area (Å²) in [5.74, 6) is 0.0580. The summed E-state index contributed by atoms with van der Waals surface area (Å²) in [5, 5.41) is 2.90. The Balaban J connectivity index is 1.88. The van der Waals surface area contributed by atoms with Crippen LogP contribution >= 0.6 is 0 Å². The lowest BCUT2D eigenvalue weighted by Crippen LogP contribution is -2.42. The predicted octanol–water partition coefficient (Wildman–Crippen LogP) is 0.307. The topological polar surface area (TPSA) is 32.3 Å². The van der Waals surface area contributed by atoms with Gasteiger partial charge in [-0.2, -0.15) is 0 Å². The summed E-state index contributed by atoms with van der Waals surface area (Å²) in [6, 6.07) is 0.147. The molecule has 0 aromatic rings. The molecule has 0 unspecified atom stereocenters. The number of amides is 1. The van der Waals surface area contributed by atoms with Crippen molar-refractivity contribution in [2.24, 2.45) is 0 Å². The Kier molecular flexibility index (Phi) is 2.24. The lowest BCUT2D eigenvalue weighted by molar-refractivity contribution is -0.132. The van der Waals surface area contributed by atoms with Crippen LogP contribution in [0, 0.1) is 0 Å². The molecule has 1 amide bonds. The summed E-state index contributed by atoms with van der Waals surface area (Å²) in [6.07, 6.45) is 1.71. The number of likely N-dealkylation sites (N-methyl/N-ethyl adjacent to an activating group) is 1. The van der Waals surface area contributed by atoms with Gasteiger partial charge in [0.1, 0.15) is 6.17 Å². The van der Waals surface area contributed by atoms with Gasteiger partial charge >= 0.3 is 0 Å². The first-order valence-corrected chi connectivity index (χ1v) is 4.82. The average Bonchev–Trinajstić information content (AvgIpc) is 2.87. The third kappa shape index (κ3) is 1.82. The molecule has 1 saturated heterocycles. The van der Waals surface area contributed by atoms with Crippen LogP contribution in [-0.4, -0.2) is 42.7 Å². The van der Waals surface area contributed by atoms with E-state index in [1.807, 2.05) is 7.05 Å². The lowest BCUT2D eigenvalue weighted by Gasteiger charge is -2.20. The maximum atomic E-state index is 12.8. The van der Waals surface area contributed by atoms with Gasteiger partial charge in [-0.3, -0.25) is 4.79 Å². The second-order valence-corrected chi connectivity index (χ2v) is 3.97. The molecule has 1 aliphatic heterocycles. The van der Waals surface area contributed by atoms with Crippen molar-refractivity contribution < 1.29 is 9.18 Å². The fraction of sp³-hybridized carbons (Fsp3) is 0.889. The summed E-state index contributed by atoms with van der Waals surface area (Å²) >= 11 is 0. The molecule has 1 heterocycles. The van der Waals surface area contributed by atoms with Gasteiger partial charge in [0.05, 0.1) is 6.04 Å². The third-order valence-electron chi connectivity index (χ3n) is 2.82. The second kappa shape index (κ2) is 3.25. The molecule has 2 fully saturated rings. The van der Waals surface area contributed by atoms with Crippen LogP contribution < -0.4 is 5.32 Å². The fourth-order valence-corrected chi connectivity index (χ4v) is 1.77. The van der Waals surface area contributed by atoms with Gasteiger partial charge in [0.25, 0.3) is 0 Å². The first-order valence-electron chi connectivity index (χ1n) is 4.82. The molecule has 0 aromatic heterocycles. The largest absolute Gasteiger partial charge is 0.341 e. The maximum absolute atomic E-state index is 12.8. The number of halogens is 1. The highest BCUT2D eigenvalue weighted by Gasteiger charge is 2.36. The molecule has 0 aromatic carbocycles. The molecule has 1 saturated carbocycles. The van der Waals surface area contributed by atoms with Gasteiger partial charge in [0.15, 0.2) is 0 Å². The molecule has 1 N–H and O–H groups in total.